The zero-order valence-electron chi connectivity index (χ0n) is 13.2. The topological polar surface area (TPSA) is 125 Å². The third kappa shape index (κ3) is 4.34. The van der Waals surface area contributed by atoms with Crippen molar-refractivity contribution in [1.82, 2.24) is 5.32 Å². The van der Waals surface area contributed by atoms with Crippen molar-refractivity contribution in [3.63, 3.8) is 0 Å². The third-order valence-corrected chi connectivity index (χ3v) is 5.38. The van der Waals surface area contributed by atoms with Gasteiger partial charge in [-0.25, -0.2) is 8.42 Å². The standard InChI is InChI=1S/C14H18N2O7S/c1-9(14(17)15-10-5-6-24(20,21)8-10)23-13-7-11(16(18)19)3-4-12(13)22-2/h3-4,7,9-10H,5-6,8H2,1-2H3,(H,15,17)/t9-,10-/m0/s1. The monoisotopic (exact) mass is 358 g/mol. The van der Waals surface area contributed by atoms with Gasteiger partial charge < -0.3 is 14.8 Å². The van der Waals surface area contributed by atoms with E-state index in [0.29, 0.717) is 6.42 Å². The number of nitrogens with one attached hydrogen (secondary N) is 1. The van der Waals surface area contributed by atoms with Crippen molar-refractivity contribution in [2.45, 2.75) is 25.5 Å². The van der Waals surface area contributed by atoms with E-state index in [-0.39, 0.29) is 28.7 Å². The minimum atomic E-state index is -3.10. The quantitative estimate of drug-likeness (QED) is 0.585. The molecule has 1 heterocycles. The maximum Gasteiger partial charge on any atom is 0.273 e. The highest BCUT2D eigenvalue weighted by Gasteiger charge is 2.30. The van der Waals surface area contributed by atoms with Crippen LogP contribution in [0.1, 0.15) is 13.3 Å². The first kappa shape index (κ1) is 18.0. The molecule has 0 aromatic heterocycles. The van der Waals surface area contributed by atoms with Gasteiger partial charge in [0.25, 0.3) is 11.6 Å². The smallest absolute Gasteiger partial charge is 0.273 e. The summed E-state index contributed by atoms with van der Waals surface area (Å²) in [5, 5.41) is 13.4. The van der Waals surface area contributed by atoms with Crippen LogP contribution >= 0.6 is 0 Å². The Hall–Kier alpha value is -2.36. The van der Waals surface area contributed by atoms with E-state index < -0.39 is 32.8 Å². The number of sulfone groups is 1. The molecule has 24 heavy (non-hydrogen) atoms. The van der Waals surface area contributed by atoms with Gasteiger partial charge in [-0.2, -0.15) is 0 Å². The van der Waals surface area contributed by atoms with Crippen LogP contribution in [0.5, 0.6) is 11.5 Å². The summed E-state index contributed by atoms with van der Waals surface area (Å²) in [4.78, 5) is 22.4. The average Bonchev–Trinajstić information content (AvgIpc) is 2.85. The molecule has 2 rings (SSSR count). The lowest BCUT2D eigenvalue weighted by Crippen LogP contribution is -2.43. The Balaban J connectivity index is 2.05. The number of hydrogen-bond donors (Lipinski definition) is 1. The van der Waals surface area contributed by atoms with Crippen LogP contribution in [0.25, 0.3) is 0 Å². The summed E-state index contributed by atoms with van der Waals surface area (Å²) in [7, 11) is -1.72. The molecule has 0 spiro atoms. The molecular weight excluding hydrogens is 340 g/mol. The highest BCUT2D eigenvalue weighted by atomic mass is 32.2. The van der Waals surface area contributed by atoms with Gasteiger partial charge in [0, 0.05) is 12.1 Å². The van der Waals surface area contributed by atoms with Crippen LogP contribution in [-0.2, 0) is 14.6 Å². The third-order valence-electron chi connectivity index (χ3n) is 3.61. The summed E-state index contributed by atoms with van der Waals surface area (Å²) in [6.07, 6.45) is -0.606. The van der Waals surface area contributed by atoms with E-state index in [0.717, 1.165) is 0 Å². The number of carbonyl (C=O) groups excluding carboxylic acids is 1. The largest absolute Gasteiger partial charge is 0.493 e. The number of nitro benzene ring substituents is 1. The molecule has 1 aromatic rings. The van der Waals surface area contributed by atoms with Crippen molar-refractivity contribution >= 4 is 21.4 Å². The highest BCUT2D eigenvalue weighted by Crippen LogP contribution is 2.31. The van der Waals surface area contributed by atoms with Crippen LogP contribution in [0.15, 0.2) is 18.2 Å². The molecule has 0 radical (unpaired) electrons. The number of ether oxygens (including phenoxy) is 2. The van der Waals surface area contributed by atoms with Gasteiger partial charge >= 0.3 is 0 Å². The van der Waals surface area contributed by atoms with Crippen molar-refractivity contribution in [2.75, 3.05) is 18.6 Å². The molecule has 0 unspecified atom stereocenters. The Labute approximate surface area is 139 Å². The molecule has 1 saturated heterocycles. The Bertz CT molecular complexity index is 747. The summed E-state index contributed by atoms with van der Waals surface area (Å²) >= 11 is 0. The second-order valence-corrected chi connectivity index (χ2v) is 7.69. The van der Waals surface area contributed by atoms with E-state index in [1.54, 1.807) is 0 Å². The molecule has 1 aliphatic heterocycles. The molecule has 10 heteroatoms. The Morgan fingerprint density at radius 1 is 1.42 bits per heavy atom. The predicted octanol–water partition coefficient (Wildman–Crippen LogP) is 0.674. The molecule has 2 atom stereocenters. The fourth-order valence-corrected chi connectivity index (χ4v) is 4.02. The van der Waals surface area contributed by atoms with Crippen LogP contribution in [-0.4, -0.2) is 50.0 Å². The lowest BCUT2D eigenvalue weighted by Gasteiger charge is -2.18. The first-order valence-electron chi connectivity index (χ1n) is 7.21. The number of carbonyl (C=O) groups is 1. The average molecular weight is 358 g/mol. The van der Waals surface area contributed by atoms with Crippen LogP contribution < -0.4 is 14.8 Å². The van der Waals surface area contributed by atoms with Crippen molar-refractivity contribution in [3.8, 4) is 11.5 Å². The van der Waals surface area contributed by atoms with Gasteiger partial charge in [-0.3, -0.25) is 14.9 Å². The second kappa shape index (κ2) is 7.04. The number of methoxy groups -OCH3 is 1. The summed E-state index contributed by atoms with van der Waals surface area (Å²) in [6.45, 7) is 1.47. The normalized spacial score (nSPS) is 20.2. The van der Waals surface area contributed by atoms with Crippen LogP contribution in [0.3, 0.4) is 0 Å². The van der Waals surface area contributed by atoms with Gasteiger partial charge in [0.15, 0.2) is 27.4 Å². The molecule has 9 nitrogen and oxygen atoms in total. The predicted molar refractivity (Wildman–Crippen MR) is 84.9 cm³/mol. The Kier molecular flexibility index (Phi) is 5.27. The molecule has 1 aliphatic rings. The van der Waals surface area contributed by atoms with Gasteiger partial charge in [-0.1, -0.05) is 0 Å². The van der Waals surface area contributed by atoms with Crippen molar-refractivity contribution in [3.05, 3.63) is 28.3 Å². The van der Waals surface area contributed by atoms with Crippen LogP contribution in [0.2, 0.25) is 0 Å². The van der Waals surface area contributed by atoms with E-state index >= 15 is 0 Å². The van der Waals surface area contributed by atoms with Crippen LogP contribution in [0, 0.1) is 10.1 Å². The minimum Gasteiger partial charge on any atom is -0.493 e. The van der Waals surface area contributed by atoms with Crippen LogP contribution in [0.4, 0.5) is 5.69 Å². The first-order valence-corrected chi connectivity index (χ1v) is 9.04. The fourth-order valence-electron chi connectivity index (χ4n) is 2.34. The Morgan fingerprint density at radius 2 is 2.12 bits per heavy atom. The minimum absolute atomic E-state index is 0.0475. The number of non-ortho nitro benzene ring substituents is 1. The van der Waals surface area contributed by atoms with Gasteiger partial charge in [-0.05, 0) is 19.4 Å². The van der Waals surface area contributed by atoms with E-state index in [4.69, 9.17) is 9.47 Å². The molecule has 1 fully saturated rings. The maximum absolute atomic E-state index is 12.1. The van der Waals surface area contributed by atoms with Gasteiger partial charge in [-0.15, -0.1) is 0 Å². The van der Waals surface area contributed by atoms with Crippen molar-refractivity contribution in [2.24, 2.45) is 0 Å². The number of amides is 1. The fraction of sp³-hybridized carbons (Fsp3) is 0.500. The summed E-state index contributed by atoms with van der Waals surface area (Å²) in [5.41, 5.74) is -0.194. The van der Waals surface area contributed by atoms with Crippen molar-refractivity contribution < 1.29 is 27.6 Å². The lowest BCUT2D eigenvalue weighted by molar-refractivity contribution is -0.385. The second-order valence-electron chi connectivity index (χ2n) is 5.46. The zero-order chi connectivity index (χ0) is 17.9. The number of benzene rings is 1. The van der Waals surface area contributed by atoms with E-state index in [9.17, 15) is 23.3 Å². The van der Waals surface area contributed by atoms with Gasteiger partial charge in [0.05, 0.1) is 29.6 Å². The maximum atomic E-state index is 12.1. The van der Waals surface area contributed by atoms with E-state index in [1.165, 1.54) is 32.2 Å². The van der Waals surface area contributed by atoms with E-state index in [2.05, 4.69) is 5.32 Å². The lowest BCUT2D eigenvalue weighted by atomic mass is 10.2. The summed E-state index contributed by atoms with van der Waals surface area (Å²) < 4.78 is 33.3. The molecule has 1 N–H and O–H groups in total. The number of rotatable bonds is 6. The molecule has 0 aliphatic carbocycles. The number of nitrogens with zero attached hydrogens (tertiary/aromatic N) is 1. The molecule has 1 amide bonds. The van der Waals surface area contributed by atoms with E-state index in [1.807, 2.05) is 0 Å². The summed E-state index contributed by atoms with van der Waals surface area (Å²) in [5.74, 6) is -0.222. The first-order chi connectivity index (χ1) is 11.2. The van der Waals surface area contributed by atoms with Gasteiger partial charge in [0.1, 0.15) is 0 Å². The molecule has 1 aromatic carbocycles. The zero-order valence-corrected chi connectivity index (χ0v) is 14.0. The molecule has 132 valence electrons. The molecular formula is C14H18N2O7S. The van der Waals surface area contributed by atoms with Gasteiger partial charge in [0.2, 0.25) is 0 Å². The number of nitro groups is 1. The highest BCUT2D eigenvalue weighted by molar-refractivity contribution is 7.91. The Morgan fingerprint density at radius 3 is 2.67 bits per heavy atom. The molecule has 0 saturated carbocycles. The summed E-state index contributed by atoms with van der Waals surface area (Å²) in [6, 6.07) is 3.37. The number of hydrogen-bond acceptors (Lipinski definition) is 7. The van der Waals surface area contributed by atoms with Crippen molar-refractivity contribution in [1.29, 1.82) is 0 Å². The SMILES string of the molecule is COc1ccc([N+](=O)[O-])cc1O[C@@H](C)C(=O)N[C@H]1CCS(=O)(=O)C1. The molecule has 0 bridgehead atoms.